The summed E-state index contributed by atoms with van der Waals surface area (Å²) in [5, 5.41) is 11.6. The summed E-state index contributed by atoms with van der Waals surface area (Å²) in [5.41, 5.74) is 3.10. The van der Waals surface area contributed by atoms with Gasteiger partial charge < -0.3 is 14.8 Å². The number of benzene rings is 2. The van der Waals surface area contributed by atoms with Gasteiger partial charge in [0.25, 0.3) is 0 Å². The molecule has 1 N–H and O–H groups in total. The zero-order chi connectivity index (χ0) is 22.4. The summed E-state index contributed by atoms with van der Waals surface area (Å²) in [6, 6.07) is 17.4. The maximum Gasteiger partial charge on any atom is 0.159 e. The molecule has 2 heterocycles. The van der Waals surface area contributed by atoms with Gasteiger partial charge in [0.05, 0.1) is 12.4 Å². The summed E-state index contributed by atoms with van der Waals surface area (Å²) in [6.07, 6.45) is 4.36. The summed E-state index contributed by atoms with van der Waals surface area (Å²) in [6.45, 7) is 8.60. The number of ether oxygens (including phenoxy) is 1. The molecule has 0 saturated heterocycles. The van der Waals surface area contributed by atoms with E-state index in [1.54, 1.807) is 0 Å². The molecular formula is C27H30IrNO3-. The van der Waals surface area contributed by atoms with Gasteiger partial charge in [-0.2, -0.15) is 0 Å². The van der Waals surface area contributed by atoms with Crippen LogP contribution in [0.25, 0.3) is 22.0 Å². The molecule has 0 bridgehead atoms. The SMILES string of the molecule is CC(C)CC(=O)/C=C(\O)CC(C)C.[Ir].[c-]1cccc2c1-c1ncc3ccccc3c1OC2. The van der Waals surface area contributed by atoms with Gasteiger partial charge in [-0.15, -0.1) is 29.8 Å². The van der Waals surface area contributed by atoms with Gasteiger partial charge in [-0.1, -0.05) is 57.5 Å². The topological polar surface area (TPSA) is 59.4 Å². The van der Waals surface area contributed by atoms with E-state index >= 15 is 0 Å². The molecule has 32 heavy (non-hydrogen) atoms. The average molecular weight is 609 g/mol. The van der Waals surface area contributed by atoms with Crippen LogP contribution in [0.2, 0.25) is 0 Å². The Bertz CT molecular complexity index is 1090. The number of carbonyl (C=O) groups excluding carboxylic acids is 1. The Morgan fingerprint density at radius 3 is 2.56 bits per heavy atom. The average Bonchev–Trinajstić information content (AvgIpc) is 2.72. The number of allylic oxidation sites excluding steroid dienone is 2. The number of hydrogen-bond donors (Lipinski definition) is 1. The van der Waals surface area contributed by atoms with Crippen molar-refractivity contribution in [2.45, 2.75) is 47.1 Å². The smallest absolute Gasteiger partial charge is 0.159 e. The Morgan fingerprint density at radius 2 is 1.84 bits per heavy atom. The van der Waals surface area contributed by atoms with E-state index < -0.39 is 0 Å². The molecule has 1 radical (unpaired) electrons. The second kappa shape index (κ2) is 11.9. The fraction of sp³-hybridized carbons (Fsp3) is 0.333. The van der Waals surface area contributed by atoms with Gasteiger partial charge in [0.1, 0.15) is 5.75 Å². The number of pyridine rings is 1. The monoisotopic (exact) mass is 609 g/mol. The number of aliphatic hydroxyl groups is 1. The van der Waals surface area contributed by atoms with Gasteiger partial charge in [0.2, 0.25) is 0 Å². The third kappa shape index (κ3) is 6.75. The van der Waals surface area contributed by atoms with Crippen molar-refractivity contribution >= 4 is 16.6 Å². The minimum atomic E-state index is 0. The molecule has 5 heteroatoms. The molecule has 3 aromatic rings. The Morgan fingerprint density at radius 1 is 1.12 bits per heavy atom. The molecule has 1 aliphatic heterocycles. The van der Waals surface area contributed by atoms with Crippen molar-refractivity contribution in [2.75, 3.05) is 0 Å². The first-order valence-electron chi connectivity index (χ1n) is 10.8. The number of hydrogen-bond acceptors (Lipinski definition) is 4. The first-order valence-corrected chi connectivity index (χ1v) is 10.8. The molecule has 0 atom stereocenters. The molecule has 4 nitrogen and oxygen atoms in total. The molecule has 0 aliphatic carbocycles. The van der Waals surface area contributed by atoms with Crippen molar-refractivity contribution in [3.63, 3.8) is 0 Å². The number of rotatable bonds is 5. The predicted molar refractivity (Wildman–Crippen MR) is 125 cm³/mol. The van der Waals surface area contributed by atoms with E-state index in [4.69, 9.17) is 4.74 Å². The van der Waals surface area contributed by atoms with Gasteiger partial charge in [0.15, 0.2) is 5.78 Å². The first kappa shape index (κ1) is 25.8. The molecule has 4 rings (SSSR count). The zero-order valence-corrected chi connectivity index (χ0v) is 21.4. The summed E-state index contributed by atoms with van der Waals surface area (Å²) in [4.78, 5) is 15.7. The molecular weight excluding hydrogens is 579 g/mol. The van der Waals surface area contributed by atoms with Crippen LogP contribution in [-0.2, 0) is 31.5 Å². The molecule has 1 aromatic heterocycles. The zero-order valence-electron chi connectivity index (χ0n) is 19.0. The Balaban J connectivity index is 0.000000234. The number of fused-ring (bicyclic) bond motifs is 5. The van der Waals surface area contributed by atoms with Crippen molar-refractivity contribution in [1.29, 1.82) is 0 Å². The number of aromatic nitrogens is 1. The van der Waals surface area contributed by atoms with E-state index in [1.165, 1.54) is 6.08 Å². The standard InChI is InChI=1S/C16H10NO.C11H20O2.Ir/c1-4-8-14-11(5-1)9-17-15-13-7-3-2-6-12(13)10-18-16(14)15;1-8(2)5-10(12)7-11(13)6-9(3)4;/h1-6,8-9H,10H2;7-9,12H,5-6H2,1-4H3;/q-1;;/b;10-7-;. The van der Waals surface area contributed by atoms with Gasteiger partial charge in [0, 0.05) is 61.7 Å². The number of nitrogens with zero attached hydrogens (tertiary/aromatic N) is 1. The van der Waals surface area contributed by atoms with Crippen LogP contribution in [0.3, 0.4) is 0 Å². The molecule has 0 fully saturated rings. The second-order valence-electron chi connectivity index (χ2n) is 8.68. The molecule has 0 amide bonds. The Kier molecular flexibility index (Phi) is 9.61. The van der Waals surface area contributed by atoms with E-state index in [9.17, 15) is 9.90 Å². The molecule has 0 spiro atoms. The molecule has 0 saturated carbocycles. The fourth-order valence-corrected chi connectivity index (χ4v) is 3.55. The normalized spacial score (nSPS) is 12.2. The molecule has 171 valence electrons. The quantitative estimate of drug-likeness (QED) is 0.200. The minimum absolute atomic E-state index is 0. The van der Waals surface area contributed by atoms with Crippen LogP contribution in [-0.4, -0.2) is 15.9 Å². The van der Waals surface area contributed by atoms with Crippen LogP contribution < -0.4 is 4.74 Å². The van der Waals surface area contributed by atoms with E-state index in [1.807, 2.05) is 58.2 Å². The second-order valence-corrected chi connectivity index (χ2v) is 8.68. The minimum Gasteiger partial charge on any atom is -0.512 e. The maximum absolute atomic E-state index is 11.2. The maximum atomic E-state index is 11.2. The number of carbonyl (C=O) groups is 1. The van der Waals surface area contributed by atoms with Gasteiger partial charge in [-0.3, -0.25) is 4.79 Å². The first-order chi connectivity index (χ1) is 14.8. The predicted octanol–water partition coefficient (Wildman–Crippen LogP) is 6.68. The van der Waals surface area contributed by atoms with Crippen LogP contribution in [0.15, 0.2) is 60.5 Å². The summed E-state index contributed by atoms with van der Waals surface area (Å²) in [7, 11) is 0. The van der Waals surface area contributed by atoms with Crippen LogP contribution in [0.4, 0.5) is 0 Å². The largest absolute Gasteiger partial charge is 0.512 e. The third-order valence-electron chi connectivity index (χ3n) is 4.86. The van der Waals surface area contributed by atoms with Crippen molar-refractivity contribution in [1.82, 2.24) is 4.98 Å². The van der Waals surface area contributed by atoms with Gasteiger partial charge in [-0.05, 0) is 11.8 Å². The number of ketones is 1. The van der Waals surface area contributed by atoms with Crippen molar-refractivity contribution in [3.05, 3.63) is 72.1 Å². The van der Waals surface area contributed by atoms with Gasteiger partial charge >= 0.3 is 0 Å². The number of aliphatic hydroxyl groups excluding tert-OH is 1. The van der Waals surface area contributed by atoms with Crippen LogP contribution >= 0.6 is 0 Å². The Labute approximate surface area is 204 Å². The van der Waals surface area contributed by atoms with Crippen molar-refractivity contribution < 1.29 is 34.7 Å². The Hall–Kier alpha value is -2.49. The summed E-state index contributed by atoms with van der Waals surface area (Å²) in [5.74, 6) is 1.86. The fourth-order valence-electron chi connectivity index (χ4n) is 3.55. The van der Waals surface area contributed by atoms with Crippen LogP contribution in [0.1, 0.15) is 46.1 Å². The third-order valence-corrected chi connectivity index (χ3v) is 4.86. The summed E-state index contributed by atoms with van der Waals surface area (Å²) >= 11 is 0. The molecule has 2 aromatic carbocycles. The van der Waals surface area contributed by atoms with E-state index in [0.717, 1.165) is 33.3 Å². The van der Waals surface area contributed by atoms with Crippen molar-refractivity contribution in [3.8, 4) is 17.0 Å². The molecule has 1 aliphatic rings. The van der Waals surface area contributed by atoms with Crippen LogP contribution in [0, 0.1) is 17.9 Å². The molecule has 0 unspecified atom stereocenters. The van der Waals surface area contributed by atoms with Gasteiger partial charge in [-0.25, -0.2) is 0 Å². The van der Waals surface area contributed by atoms with Crippen molar-refractivity contribution in [2.24, 2.45) is 11.8 Å². The summed E-state index contributed by atoms with van der Waals surface area (Å²) < 4.78 is 5.88. The van der Waals surface area contributed by atoms with Crippen LogP contribution in [0.5, 0.6) is 5.75 Å². The van der Waals surface area contributed by atoms with E-state index in [2.05, 4.69) is 29.2 Å². The van der Waals surface area contributed by atoms with E-state index in [0.29, 0.717) is 31.3 Å². The van der Waals surface area contributed by atoms with E-state index in [-0.39, 0.29) is 31.6 Å².